The van der Waals surface area contributed by atoms with E-state index in [2.05, 4.69) is 20.7 Å². The zero-order valence-corrected chi connectivity index (χ0v) is 12.1. The lowest BCUT2D eigenvalue weighted by Crippen LogP contribution is -2.40. The fourth-order valence-corrected chi connectivity index (χ4v) is 2.40. The minimum atomic E-state index is -2.34. The Morgan fingerprint density at radius 2 is 2.29 bits per heavy atom. The van der Waals surface area contributed by atoms with Gasteiger partial charge in [-0.15, -0.1) is 0 Å². The molecule has 1 atom stereocenters. The molecule has 21 heavy (non-hydrogen) atoms. The van der Waals surface area contributed by atoms with E-state index >= 15 is 0 Å². The second kappa shape index (κ2) is 6.79. The number of nitrogens with one attached hydrogen (secondary N) is 2. The Balaban J connectivity index is 1.82. The lowest BCUT2D eigenvalue weighted by atomic mass is 10.3. The monoisotopic (exact) mass is 302 g/mol. The summed E-state index contributed by atoms with van der Waals surface area (Å²) in [6, 6.07) is -0.510. The molecule has 0 saturated carbocycles. The lowest BCUT2D eigenvalue weighted by molar-refractivity contribution is 0.0988. The molecule has 1 unspecified atom stereocenters. The van der Waals surface area contributed by atoms with Crippen molar-refractivity contribution in [3.8, 4) is 0 Å². The summed E-state index contributed by atoms with van der Waals surface area (Å²) >= 11 is 0. The molecule has 118 valence electrons. The van der Waals surface area contributed by atoms with Crippen LogP contribution >= 0.6 is 0 Å². The summed E-state index contributed by atoms with van der Waals surface area (Å²) in [7, 11) is 0. The van der Waals surface area contributed by atoms with E-state index in [-0.39, 0.29) is 18.6 Å². The van der Waals surface area contributed by atoms with E-state index in [1.807, 2.05) is 6.92 Å². The molecule has 2 heterocycles. The van der Waals surface area contributed by atoms with Gasteiger partial charge < -0.3 is 5.32 Å². The first-order valence-electron chi connectivity index (χ1n) is 6.97. The number of rotatable bonds is 5. The third kappa shape index (κ3) is 4.35. The van der Waals surface area contributed by atoms with E-state index in [1.165, 1.54) is 0 Å². The first kappa shape index (κ1) is 15.6. The molecule has 0 aromatic carbocycles. The zero-order valence-electron chi connectivity index (χ0n) is 12.1. The number of aryl methyl sites for hydroxylation is 2. The molecule has 1 aliphatic rings. The first-order chi connectivity index (χ1) is 9.97. The van der Waals surface area contributed by atoms with Crippen molar-refractivity contribution >= 4 is 12.0 Å². The summed E-state index contributed by atoms with van der Waals surface area (Å²) in [4.78, 5) is 17.7. The Hall–Kier alpha value is -1.77. The van der Waals surface area contributed by atoms with Crippen LogP contribution in [-0.2, 0) is 6.54 Å². The van der Waals surface area contributed by atoms with Gasteiger partial charge in [0.2, 0.25) is 5.95 Å². The number of nitrogens with zero attached hydrogens (tertiary/aromatic N) is 4. The maximum absolute atomic E-state index is 12.3. The van der Waals surface area contributed by atoms with Crippen LogP contribution in [0.2, 0.25) is 0 Å². The van der Waals surface area contributed by atoms with Gasteiger partial charge in [0.1, 0.15) is 5.82 Å². The van der Waals surface area contributed by atoms with Gasteiger partial charge in [0.15, 0.2) is 0 Å². The van der Waals surface area contributed by atoms with Gasteiger partial charge in [-0.1, -0.05) is 0 Å². The molecule has 0 aliphatic carbocycles. The summed E-state index contributed by atoms with van der Waals surface area (Å²) in [5, 5.41) is 9.54. The fraction of sp³-hybridized carbons (Fsp3) is 0.750. The molecule has 1 aromatic rings. The Morgan fingerprint density at radius 1 is 1.52 bits per heavy atom. The highest BCUT2D eigenvalue weighted by Gasteiger charge is 2.26. The van der Waals surface area contributed by atoms with Crippen LogP contribution < -0.4 is 10.6 Å². The summed E-state index contributed by atoms with van der Waals surface area (Å²) in [6.07, 6.45) is -1.68. The Bertz CT molecular complexity index is 492. The third-order valence-electron chi connectivity index (χ3n) is 3.31. The highest BCUT2D eigenvalue weighted by molar-refractivity contribution is 5.87. The van der Waals surface area contributed by atoms with E-state index in [0.29, 0.717) is 37.8 Å². The molecular formula is C12H20F2N6O. The molecular weight excluding hydrogens is 282 g/mol. The number of amides is 2. The number of hydrogen-bond acceptors (Lipinski definition) is 4. The minimum Gasteiger partial charge on any atom is -0.334 e. The number of likely N-dealkylation sites (tertiary alicyclic amines) is 1. The molecule has 7 nitrogen and oxygen atoms in total. The number of carbonyl (C=O) groups excluding carboxylic acids is 1. The largest absolute Gasteiger partial charge is 0.334 e. The van der Waals surface area contributed by atoms with Gasteiger partial charge in [-0.25, -0.2) is 18.3 Å². The van der Waals surface area contributed by atoms with Crippen molar-refractivity contribution in [2.75, 3.05) is 25.0 Å². The van der Waals surface area contributed by atoms with Crippen molar-refractivity contribution in [1.82, 2.24) is 25.0 Å². The van der Waals surface area contributed by atoms with Gasteiger partial charge in [0, 0.05) is 25.7 Å². The fourth-order valence-electron chi connectivity index (χ4n) is 2.40. The topological polar surface area (TPSA) is 75.1 Å². The molecule has 1 aliphatic heterocycles. The molecule has 2 N–H and O–H groups in total. The molecule has 0 radical (unpaired) electrons. The van der Waals surface area contributed by atoms with Crippen LogP contribution in [0.25, 0.3) is 0 Å². The molecule has 2 amide bonds. The number of anilines is 1. The van der Waals surface area contributed by atoms with E-state index in [9.17, 15) is 13.6 Å². The van der Waals surface area contributed by atoms with E-state index in [1.54, 1.807) is 16.5 Å². The van der Waals surface area contributed by atoms with Gasteiger partial charge in [-0.2, -0.15) is 10.1 Å². The lowest BCUT2D eigenvalue weighted by Gasteiger charge is -2.16. The third-order valence-corrected chi connectivity index (χ3v) is 3.31. The van der Waals surface area contributed by atoms with Crippen molar-refractivity contribution in [2.45, 2.75) is 39.3 Å². The summed E-state index contributed by atoms with van der Waals surface area (Å²) < 4.78 is 26.2. The maximum Gasteiger partial charge on any atom is 0.321 e. The summed E-state index contributed by atoms with van der Waals surface area (Å²) in [5.41, 5.74) is 0. The molecule has 9 heteroatoms. The average molecular weight is 302 g/mol. The SMILES string of the molecule is CCn1nc(C)nc1NC(=O)NC1CCN(CC(F)F)C1. The quantitative estimate of drug-likeness (QED) is 0.853. The minimum absolute atomic E-state index is 0.122. The van der Waals surface area contributed by atoms with Crippen LogP contribution in [-0.4, -0.2) is 57.8 Å². The zero-order chi connectivity index (χ0) is 15.4. The highest BCUT2D eigenvalue weighted by Crippen LogP contribution is 2.11. The van der Waals surface area contributed by atoms with E-state index in [4.69, 9.17) is 0 Å². The number of aromatic nitrogens is 3. The smallest absolute Gasteiger partial charge is 0.321 e. The van der Waals surface area contributed by atoms with Gasteiger partial charge in [-0.05, 0) is 20.3 Å². The molecule has 1 fully saturated rings. The molecule has 0 spiro atoms. The number of hydrogen-bond donors (Lipinski definition) is 2. The number of alkyl halides is 2. The molecule has 1 aromatic heterocycles. The van der Waals surface area contributed by atoms with Gasteiger partial charge in [0.05, 0.1) is 6.54 Å². The predicted molar refractivity (Wildman–Crippen MR) is 73.4 cm³/mol. The van der Waals surface area contributed by atoms with Gasteiger partial charge in [-0.3, -0.25) is 10.2 Å². The standard InChI is InChI=1S/C12H20F2N6O/c1-3-20-11(15-8(2)18-20)17-12(21)16-9-4-5-19(6-9)7-10(13)14/h9-10H,3-7H2,1-2H3,(H2,15,16,17,18,21). The van der Waals surface area contributed by atoms with E-state index in [0.717, 1.165) is 0 Å². The average Bonchev–Trinajstić information content (AvgIpc) is 2.95. The summed E-state index contributed by atoms with van der Waals surface area (Å²) in [5.74, 6) is 0.964. The number of carbonyl (C=O) groups is 1. The molecule has 0 bridgehead atoms. The predicted octanol–water partition coefficient (Wildman–Crippen LogP) is 1.07. The van der Waals surface area contributed by atoms with Crippen LogP contribution in [0.3, 0.4) is 0 Å². The van der Waals surface area contributed by atoms with Crippen molar-refractivity contribution in [1.29, 1.82) is 0 Å². The molecule has 1 saturated heterocycles. The Kier molecular flexibility index (Phi) is 5.05. The normalized spacial score (nSPS) is 19.2. The highest BCUT2D eigenvalue weighted by atomic mass is 19.3. The Morgan fingerprint density at radius 3 is 2.95 bits per heavy atom. The number of urea groups is 1. The van der Waals surface area contributed by atoms with Crippen molar-refractivity contribution in [3.05, 3.63) is 5.82 Å². The summed E-state index contributed by atoms with van der Waals surface area (Å²) in [6.45, 7) is 5.01. The van der Waals surface area contributed by atoms with Crippen molar-refractivity contribution < 1.29 is 13.6 Å². The van der Waals surface area contributed by atoms with Crippen LogP contribution in [0.4, 0.5) is 19.5 Å². The van der Waals surface area contributed by atoms with Crippen molar-refractivity contribution in [3.63, 3.8) is 0 Å². The maximum atomic E-state index is 12.3. The Labute approximate surface area is 121 Å². The second-order valence-corrected chi connectivity index (χ2v) is 5.03. The van der Waals surface area contributed by atoms with Gasteiger partial charge >= 0.3 is 6.03 Å². The number of halogens is 2. The first-order valence-corrected chi connectivity index (χ1v) is 6.97. The second-order valence-electron chi connectivity index (χ2n) is 5.03. The van der Waals surface area contributed by atoms with Gasteiger partial charge in [0.25, 0.3) is 6.43 Å². The molecule has 2 rings (SSSR count). The van der Waals surface area contributed by atoms with Crippen LogP contribution in [0.1, 0.15) is 19.2 Å². The van der Waals surface area contributed by atoms with Crippen LogP contribution in [0, 0.1) is 6.92 Å². The van der Waals surface area contributed by atoms with E-state index < -0.39 is 6.43 Å². The van der Waals surface area contributed by atoms with Crippen LogP contribution in [0.5, 0.6) is 0 Å². The van der Waals surface area contributed by atoms with Crippen molar-refractivity contribution in [2.24, 2.45) is 0 Å². The van der Waals surface area contributed by atoms with Crippen LogP contribution in [0.15, 0.2) is 0 Å².